The van der Waals surface area contributed by atoms with E-state index in [1.54, 1.807) is 16.8 Å². The molecule has 0 radical (unpaired) electrons. The lowest BCUT2D eigenvalue weighted by Crippen LogP contribution is -2.43. The van der Waals surface area contributed by atoms with Crippen LogP contribution >= 0.6 is 0 Å². The van der Waals surface area contributed by atoms with Crippen LogP contribution in [-0.2, 0) is 42.9 Å². The van der Waals surface area contributed by atoms with Gasteiger partial charge in [-0.1, -0.05) is 18.2 Å². The highest BCUT2D eigenvalue weighted by molar-refractivity contribution is 7.90. The molecular formula is C26H35FN4O5S. The molecule has 0 spiro atoms. The molecule has 37 heavy (non-hydrogen) atoms. The Morgan fingerprint density at radius 1 is 1.14 bits per heavy atom. The molecule has 0 bridgehead atoms. The quantitative estimate of drug-likeness (QED) is 0.437. The first-order valence-electron chi connectivity index (χ1n) is 13.1. The number of halogens is 1. The van der Waals surface area contributed by atoms with Crippen molar-refractivity contribution in [3.63, 3.8) is 0 Å². The van der Waals surface area contributed by atoms with Crippen LogP contribution in [0.3, 0.4) is 0 Å². The van der Waals surface area contributed by atoms with Gasteiger partial charge in [0.05, 0.1) is 50.1 Å². The molecule has 1 unspecified atom stereocenters. The summed E-state index contributed by atoms with van der Waals surface area (Å²) in [5.74, 6) is -0.895. The summed E-state index contributed by atoms with van der Waals surface area (Å²) in [6, 6.07) is 5.88. The molecule has 3 aliphatic rings. The highest BCUT2D eigenvalue weighted by Crippen LogP contribution is 2.32. The van der Waals surface area contributed by atoms with E-state index in [-0.39, 0.29) is 35.2 Å². The average molecular weight is 535 g/mol. The van der Waals surface area contributed by atoms with Crippen LogP contribution in [0.1, 0.15) is 36.9 Å². The number of sulfone groups is 1. The number of morpholine rings is 1. The largest absolute Gasteiger partial charge is 0.379 e. The number of imidazole rings is 1. The summed E-state index contributed by atoms with van der Waals surface area (Å²) < 4.78 is 54.1. The minimum Gasteiger partial charge on any atom is -0.379 e. The molecule has 0 N–H and O–H groups in total. The van der Waals surface area contributed by atoms with E-state index < -0.39 is 21.4 Å². The van der Waals surface area contributed by atoms with Crippen LogP contribution in [-0.4, -0.2) is 85.8 Å². The van der Waals surface area contributed by atoms with E-state index in [9.17, 15) is 17.6 Å². The minimum absolute atomic E-state index is 0.0449. The van der Waals surface area contributed by atoms with Crippen molar-refractivity contribution in [1.82, 2.24) is 19.4 Å². The van der Waals surface area contributed by atoms with Crippen molar-refractivity contribution in [2.75, 3.05) is 46.0 Å². The fourth-order valence-electron chi connectivity index (χ4n) is 4.98. The molecule has 1 aromatic heterocycles. The number of aromatic nitrogens is 2. The zero-order valence-corrected chi connectivity index (χ0v) is 21.9. The summed E-state index contributed by atoms with van der Waals surface area (Å²) in [6.07, 6.45) is 4.94. The Balaban J connectivity index is 1.40. The number of hydrogen-bond donors (Lipinski definition) is 0. The zero-order chi connectivity index (χ0) is 25.8. The van der Waals surface area contributed by atoms with E-state index in [0.717, 1.165) is 45.3 Å². The Labute approximate surface area is 217 Å². The van der Waals surface area contributed by atoms with Crippen molar-refractivity contribution in [2.24, 2.45) is 5.92 Å². The number of nitrogens with zero attached hydrogens (tertiary/aromatic N) is 4. The number of carbonyl (C=O) groups excluding carboxylic acids is 1. The molecule has 9 nitrogen and oxygen atoms in total. The molecule has 1 saturated carbocycles. The Morgan fingerprint density at radius 3 is 2.62 bits per heavy atom. The standard InChI is InChI=1S/C26H35FN4O5S/c27-24-6-2-1-4-21(24)19-37(33,34)26-28-16-22(31(26)18-23-5-3-13-36-23)17-30(25(32)20-7-8-20)10-9-29-11-14-35-15-12-29/h1-2,4,6,16,20,23H,3,5,7-15,17-19H2. The van der Waals surface area contributed by atoms with Crippen molar-refractivity contribution < 1.29 is 27.1 Å². The Hall–Kier alpha value is -2.34. The molecule has 11 heteroatoms. The zero-order valence-electron chi connectivity index (χ0n) is 21.1. The number of carbonyl (C=O) groups is 1. The highest BCUT2D eigenvalue weighted by atomic mass is 32.2. The van der Waals surface area contributed by atoms with Gasteiger partial charge in [-0.25, -0.2) is 17.8 Å². The van der Waals surface area contributed by atoms with Crippen LogP contribution in [0.2, 0.25) is 0 Å². The second kappa shape index (κ2) is 11.6. The Morgan fingerprint density at radius 2 is 1.92 bits per heavy atom. The third-order valence-corrected chi connectivity index (χ3v) is 8.85. The predicted octanol–water partition coefficient (Wildman–Crippen LogP) is 2.25. The van der Waals surface area contributed by atoms with Crippen LogP contribution in [0.5, 0.6) is 0 Å². The number of hydrogen-bond acceptors (Lipinski definition) is 7. The smallest absolute Gasteiger partial charge is 0.228 e. The highest BCUT2D eigenvalue weighted by Gasteiger charge is 2.35. The van der Waals surface area contributed by atoms with Crippen molar-refractivity contribution in [2.45, 2.75) is 55.8 Å². The molecule has 5 rings (SSSR count). The third-order valence-electron chi connectivity index (χ3n) is 7.27. The second-order valence-corrected chi connectivity index (χ2v) is 12.0. The summed E-state index contributed by atoms with van der Waals surface area (Å²) in [7, 11) is -3.95. The van der Waals surface area contributed by atoms with Gasteiger partial charge in [-0.15, -0.1) is 0 Å². The van der Waals surface area contributed by atoms with E-state index in [2.05, 4.69) is 9.88 Å². The Bertz CT molecular complexity index is 1190. The van der Waals surface area contributed by atoms with Gasteiger partial charge >= 0.3 is 0 Å². The first-order chi connectivity index (χ1) is 17.9. The van der Waals surface area contributed by atoms with Gasteiger partial charge in [0.25, 0.3) is 0 Å². The molecule has 2 aliphatic heterocycles. The van der Waals surface area contributed by atoms with Crippen LogP contribution in [0.25, 0.3) is 0 Å². The normalized spacial score (nSPS) is 20.8. The van der Waals surface area contributed by atoms with Crippen LogP contribution < -0.4 is 0 Å². The molecule has 1 aliphatic carbocycles. The molecule has 3 heterocycles. The predicted molar refractivity (Wildman–Crippen MR) is 134 cm³/mol. The molecule has 202 valence electrons. The minimum atomic E-state index is -3.95. The first kappa shape index (κ1) is 26.3. The molecule has 3 fully saturated rings. The molecular weight excluding hydrogens is 499 g/mol. The summed E-state index contributed by atoms with van der Waals surface area (Å²) in [5, 5.41) is -0.103. The fraction of sp³-hybridized carbons (Fsp3) is 0.615. The van der Waals surface area contributed by atoms with E-state index in [1.807, 2.05) is 4.90 Å². The lowest BCUT2D eigenvalue weighted by molar-refractivity contribution is -0.133. The maximum absolute atomic E-state index is 14.3. The third kappa shape index (κ3) is 6.57. The first-order valence-corrected chi connectivity index (χ1v) is 14.8. The van der Waals surface area contributed by atoms with Gasteiger partial charge in [-0.3, -0.25) is 9.69 Å². The van der Waals surface area contributed by atoms with Crippen molar-refractivity contribution in [3.05, 3.63) is 47.5 Å². The number of rotatable bonds is 11. The van der Waals surface area contributed by atoms with Crippen molar-refractivity contribution >= 4 is 15.7 Å². The van der Waals surface area contributed by atoms with Gasteiger partial charge in [0.2, 0.25) is 20.9 Å². The molecule has 2 saturated heterocycles. The van der Waals surface area contributed by atoms with E-state index in [1.165, 1.54) is 18.2 Å². The van der Waals surface area contributed by atoms with Gasteiger partial charge in [0.1, 0.15) is 5.82 Å². The van der Waals surface area contributed by atoms with Crippen molar-refractivity contribution in [3.8, 4) is 0 Å². The molecule has 1 atom stereocenters. The molecule has 2 aromatic rings. The van der Waals surface area contributed by atoms with Crippen LogP contribution in [0, 0.1) is 11.7 Å². The number of ether oxygens (including phenoxy) is 2. The van der Waals surface area contributed by atoms with E-state index >= 15 is 0 Å². The molecule has 1 amide bonds. The summed E-state index contributed by atoms with van der Waals surface area (Å²) in [5.41, 5.74) is 0.755. The van der Waals surface area contributed by atoms with Gasteiger partial charge in [0, 0.05) is 44.3 Å². The topological polar surface area (TPSA) is 94.0 Å². The lowest BCUT2D eigenvalue weighted by atomic mass is 10.2. The fourth-order valence-corrected chi connectivity index (χ4v) is 6.49. The summed E-state index contributed by atoms with van der Waals surface area (Å²) in [4.78, 5) is 21.6. The van der Waals surface area contributed by atoms with Gasteiger partial charge < -0.3 is 18.9 Å². The second-order valence-electron chi connectivity index (χ2n) is 10.1. The average Bonchev–Trinajstić information content (AvgIpc) is 3.47. The number of benzene rings is 1. The maximum Gasteiger partial charge on any atom is 0.228 e. The monoisotopic (exact) mass is 534 g/mol. The Kier molecular flexibility index (Phi) is 8.23. The van der Waals surface area contributed by atoms with E-state index in [0.29, 0.717) is 38.6 Å². The summed E-state index contributed by atoms with van der Waals surface area (Å²) in [6.45, 7) is 5.57. The molecule has 1 aromatic carbocycles. The SMILES string of the molecule is O=C(C1CC1)N(CCN1CCOCC1)Cc1cnc(S(=O)(=O)Cc2ccccc2F)n1CC1CCCO1. The van der Waals surface area contributed by atoms with Gasteiger partial charge in [-0.2, -0.15) is 0 Å². The number of amides is 1. The van der Waals surface area contributed by atoms with Gasteiger partial charge in [0.15, 0.2) is 0 Å². The summed E-state index contributed by atoms with van der Waals surface area (Å²) >= 11 is 0. The maximum atomic E-state index is 14.3. The van der Waals surface area contributed by atoms with Crippen LogP contribution in [0.15, 0.2) is 35.6 Å². The lowest BCUT2D eigenvalue weighted by Gasteiger charge is -2.30. The van der Waals surface area contributed by atoms with Crippen molar-refractivity contribution in [1.29, 1.82) is 0 Å². The van der Waals surface area contributed by atoms with Crippen LogP contribution in [0.4, 0.5) is 4.39 Å². The van der Waals surface area contributed by atoms with Gasteiger partial charge in [-0.05, 0) is 31.7 Å². The van der Waals surface area contributed by atoms with E-state index in [4.69, 9.17) is 9.47 Å².